The number of phenolic OH excluding ortho intramolecular Hbond substituents is 1. The fourth-order valence-corrected chi connectivity index (χ4v) is 3.04. The molecule has 1 aromatic carbocycles. The molecule has 2 atom stereocenters. The first-order chi connectivity index (χ1) is 8.29. The summed E-state index contributed by atoms with van der Waals surface area (Å²) >= 11 is 1.95. The van der Waals surface area contributed by atoms with Gasteiger partial charge in [0.2, 0.25) is 0 Å². The van der Waals surface area contributed by atoms with E-state index in [0.717, 1.165) is 30.1 Å². The Balaban J connectivity index is 1.98. The molecule has 0 bridgehead atoms. The highest BCUT2D eigenvalue weighted by molar-refractivity contribution is 7.99. The summed E-state index contributed by atoms with van der Waals surface area (Å²) in [6, 6.07) is 7.75. The van der Waals surface area contributed by atoms with Crippen LogP contribution in [0.2, 0.25) is 0 Å². The number of likely N-dealkylation sites (N-methyl/N-ethyl adjacent to an activating group) is 1. The molecule has 0 amide bonds. The van der Waals surface area contributed by atoms with Crippen LogP contribution in [0.4, 0.5) is 0 Å². The third kappa shape index (κ3) is 3.63. The number of hydrogen-bond donors (Lipinski definition) is 2. The van der Waals surface area contributed by atoms with E-state index in [0.29, 0.717) is 11.8 Å². The second-order valence-electron chi connectivity index (χ2n) is 4.25. The Labute approximate surface area is 107 Å². The van der Waals surface area contributed by atoms with Crippen LogP contribution in [0.3, 0.4) is 0 Å². The largest absolute Gasteiger partial charge is 0.508 e. The minimum Gasteiger partial charge on any atom is -0.508 e. The van der Waals surface area contributed by atoms with E-state index in [1.54, 1.807) is 6.07 Å². The van der Waals surface area contributed by atoms with Crippen molar-refractivity contribution in [1.82, 2.24) is 5.32 Å². The molecule has 2 N–H and O–H groups in total. The fourth-order valence-electron chi connectivity index (χ4n) is 2.10. The normalized spacial score (nSPS) is 22.3. The molecule has 0 spiro atoms. The summed E-state index contributed by atoms with van der Waals surface area (Å²) in [7, 11) is 1.97. The molecule has 1 heterocycles. The van der Waals surface area contributed by atoms with E-state index in [2.05, 4.69) is 5.32 Å². The zero-order valence-electron chi connectivity index (χ0n) is 10.1. The van der Waals surface area contributed by atoms with Gasteiger partial charge < -0.3 is 15.2 Å². The van der Waals surface area contributed by atoms with Crippen LogP contribution in [0.1, 0.15) is 5.56 Å². The van der Waals surface area contributed by atoms with Gasteiger partial charge in [0, 0.05) is 17.5 Å². The van der Waals surface area contributed by atoms with Gasteiger partial charge in [-0.25, -0.2) is 0 Å². The summed E-state index contributed by atoms with van der Waals surface area (Å²) in [5, 5.41) is 12.8. The highest BCUT2D eigenvalue weighted by atomic mass is 32.2. The van der Waals surface area contributed by atoms with E-state index in [9.17, 15) is 5.11 Å². The second kappa shape index (κ2) is 6.28. The van der Waals surface area contributed by atoms with Crippen molar-refractivity contribution in [3.8, 4) is 5.75 Å². The molecule has 1 aliphatic heterocycles. The average Bonchev–Trinajstić information content (AvgIpc) is 2.37. The average molecular weight is 253 g/mol. The van der Waals surface area contributed by atoms with Crippen LogP contribution < -0.4 is 5.32 Å². The van der Waals surface area contributed by atoms with E-state index in [1.807, 2.05) is 37.0 Å². The smallest absolute Gasteiger partial charge is 0.115 e. The summed E-state index contributed by atoms with van der Waals surface area (Å²) < 4.78 is 5.79. The molecule has 0 radical (unpaired) electrons. The molecule has 2 rings (SSSR count). The molecule has 1 aliphatic rings. The topological polar surface area (TPSA) is 41.5 Å². The van der Waals surface area contributed by atoms with Gasteiger partial charge in [-0.1, -0.05) is 12.1 Å². The lowest BCUT2D eigenvalue weighted by atomic mass is 10.0. The lowest BCUT2D eigenvalue weighted by molar-refractivity contribution is 0.0492. The zero-order chi connectivity index (χ0) is 12.1. The minimum atomic E-state index is 0.265. The van der Waals surface area contributed by atoms with Crippen LogP contribution in [0.25, 0.3) is 0 Å². The lowest BCUT2D eigenvalue weighted by Crippen LogP contribution is -2.44. The molecule has 17 heavy (non-hydrogen) atoms. The molecular weight excluding hydrogens is 234 g/mol. The van der Waals surface area contributed by atoms with Crippen LogP contribution in [-0.4, -0.2) is 42.4 Å². The fraction of sp³-hybridized carbons (Fsp3) is 0.538. The number of phenols is 1. The first-order valence-corrected chi connectivity index (χ1v) is 7.09. The number of thioether (sulfide) groups is 1. The lowest BCUT2D eigenvalue weighted by Gasteiger charge is -2.30. The Morgan fingerprint density at radius 3 is 3.12 bits per heavy atom. The monoisotopic (exact) mass is 253 g/mol. The van der Waals surface area contributed by atoms with Crippen molar-refractivity contribution < 1.29 is 9.84 Å². The third-order valence-corrected chi connectivity index (χ3v) is 4.05. The Morgan fingerprint density at radius 1 is 1.59 bits per heavy atom. The van der Waals surface area contributed by atoms with Gasteiger partial charge in [0.1, 0.15) is 5.75 Å². The summed E-state index contributed by atoms with van der Waals surface area (Å²) in [6.45, 7) is 0.841. The van der Waals surface area contributed by atoms with Crippen LogP contribution in [0.5, 0.6) is 5.75 Å². The predicted octanol–water partition coefficient (Wildman–Crippen LogP) is 1.65. The van der Waals surface area contributed by atoms with E-state index in [-0.39, 0.29) is 6.10 Å². The zero-order valence-corrected chi connectivity index (χ0v) is 10.9. The SMILES string of the molecule is CNC(Cc1cccc(O)c1)C1CSCCO1. The third-order valence-electron chi connectivity index (χ3n) is 3.03. The highest BCUT2D eigenvalue weighted by Gasteiger charge is 2.23. The Bertz CT molecular complexity index is 353. The number of ether oxygens (including phenoxy) is 1. The number of nitrogens with one attached hydrogen (secondary N) is 1. The quantitative estimate of drug-likeness (QED) is 0.856. The number of hydrogen-bond acceptors (Lipinski definition) is 4. The van der Waals surface area contributed by atoms with Gasteiger partial charge >= 0.3 is 0 Å². The van der Waals surface area contributed by atoms with Crippen molar-refractivity contribution in [1.29, 1.82) is 0 Å². The van der Waals surface area contributed by atoms with Gasteiger partial charge in [-0.05, 0) is 31.2 Å². The van der Waals surface area contributed by atoms with Crippen LogP contribution in [0.15, 0.2) is 24.3 Å². The van der Waals surface area contributed by atoms with Gasteiger partial charge in [0.25, 0.3) is 0 Å². The van der Waals surface area contributed by atoms with Gasteiger partial charge in [0.05, 0.1) is 12.7 Å². The number of benzene rings is 1. The van der Waals surface area contributed by atoms with E-state index in [1.165, 1.54) is 0 Å². The molecule has 3 nitrogen and oxygen atoms in total. The van der Waals surface area contributed by atoms with E-state index in [4.69, 9.17) is 4.74 Å². The number of rotatable bonds is 4. The van der Waals surface area contributed by atoms with Crippen molar-refractivity contribution >= 4 is 11.8 Å². The predicted molar refractivity (Wildman–Crippen MR) is 71.7 cm³/mol. The summed E-state index contributed by atoms with van der Waals surface area (Å²) in [5.74, 6) is 2.47. The molecule has 0 saturated carbocycles. The van der Waals surface area contributed by atoms with Crippen LogP contribution in [0, 0.1) is 0 Å². The molecule has 0 aromatic heterocycles. The molecule has 94 valence electrons. The maximum absolute atomic E-state index is 9.45. The summed E-state index contributed by atoms with van der Waals surface area (Å²) in [5.41, 5.74) is 1.14. The maximum Gasteiger partial charge on any atom is 0.115 e. The standard InChI is InChI=1S/C13H19NO2S/c1-14-12(13-9-17-6-5-16-13)8-10-3-2-4-11(15)7-10/h2-4,7,12-15H,5-6,8-9H2,1H3. The highest BCUT2D eigenvalue weighted by Crippen LogP contribution is 2.19. The Hall–Kier alpha value is -0.710. The Morgan fingerprint density at radius 2 is 2.47 bits per heavy atom. The van der Waals surface area contributed by atoms with Crippen molar-refractivity contribution in [2.45, 2.75) is 18.6 Å². The molecule has 1 saturated heterocycles. The second-order valence-corrected chi connectivity index (χ2v) is 5.40. The Kier molecular flexibility index (Phi) is 4.71. The van der Waals surface area contributed by atoms with Crippen LogP contribution in [-0.2, 0) is 11.2 Å². The molecule has 1 aromatic rings. The van der Waals surface area contributed by atoms with E-state index < -0.39 is 0 Å². The van der Waals surface area contributed by atoms with Crippen molar-refractivity contribution in [2.24, 2.45) is 0 Å². The van der Waals surface area contributed by atoms with Crippen molar-refractivity contribution in [3.63, 3.8) is 0 Å². The van der Waals surface area contributed by atoms with Gasteiger partial charge in [0.15, 0.2) is 0 Å². The molecule has 1 fully saturated rings. The summed E-state index contributed by atoms with van der Waals surface area (Å²) in [6.07, 6.45) is 1.15. The molecule has 4 heteroatoms. The minimum absolute atomic E-state index is 0.265. The van der Waals surface area contributed by atoms with E-state index >= 15 is 0 Å². The number of aromatic hydroxyl groups is 1. The molecule has 0 aliphatic carbocycles. The molecular formula is C13H19NO2S. The van der Waals surface area contributed by atoms with Crippen molar-refractivity contribution in [3.05, 3.63) is 29.8 Å². The first kappa shape index (κ1) is 12.7. The molecule has 2 unspecified atom stereocenters. The van der Waals surface area contributed by atoms with Gasteiger partial charge in [-0.3, -0.25) is 0 Å². The van der Waals surface area contributed by atoms with Gasteiger partial charge in [-0.2, -0.15) is 11.8 Å². The van der Waals surface area contributed by atoms with Crippen molar-refractivity contribution in [2.75, 3.05) is 25.2 Å². The summed E-state index contributed by atoms with van der Waals surface area (Å²) in [4.78, 5) is 0. The first-order valence-electron chi connectivity index (χ1n) is 5.94. The van der Waals surface area contributed by atoms with Crippen LogP contribution >= 0.6 is 11.8 Å². The van der Waals surface area contributed by atoms with Gasteiger partial charge in [-0.15, -0.1) is 0 Å². The maximum atomic E-state index is 9.45.